The van der Waals surface area contributed by atoms with E-state index in [0.717, 1.165) is 25.1 Å². The van der Waals surface area contributed by atoms with Crippen molar-refractivity contribution in [2.24, 2.45) is 0 Å². The minimum absolute atomic E-state index is 0.0644. The van der Waals surface area contributed by atoms with Crippen LogP contribution in [0.1, 0.15) is 37.1 Å². The summed E-state index contributed by atoms with van der Waals surface area (Å²) in [5.41, 5.74) is 10.1. The van der Waals surface area contributed by atoms with Gasteiger partial charge in [0.05, 0.1) is 24.8 Å². The van der Waals surface area contributed by atoms with Gasteiger partial charge >= 0.3 is 0 Å². The van der Waals surface area contributed by atoms with Crippen LogP contribution in [0.2, 0.25) is 0 Å². The standard InChI is InChI=1S/C23H28N4O2/c1-3-27-20-14-18(29-2)11-10-17(20)13-21(27)19-15-22(26-25-19)24-23(28)12-9-16-7-5-4-6-8-16/h4-8,10-11,13-14,19,22,25-26H,3,9,12,15H2,1-2H3,(H,24,28). The number of hydrogen-bond acceptors (Lipinski definition) is 4. The number of nitrogens with one attached hydrogen (secondary N) is 3. The van der Waals surface area contributed by atoms with Gasteiger partial charge in [-0.2, -0.15) is 0 Å². The summed E-state index contributed by atoms with van der Waals surface area (Å²) in [5.74, 6) is 0.924. The molecule has 0 aliphatic carbocycles. The number of aryl methyl sites for hydroxylation is 2. The lowest BCUT2D eigenvalue weighted by Gasteiger charge is -2.14. The first-order valence-electron chi connectivity index (χ1n) is 10.2. The molecule has 3 N–H and O–H groups in total. The normalized spacial score (nSPS) is 18.8. The van der Waals surface area contributed by atoms with Crippen LogP contribution in [-0.2, 0) is 17.8 Å². The van der Waals surface area contributed by atoms with E-state index < -0.39 is 0 Å². The largest absolute Gasteiger partial charge is 0.497 e. The van der Waals surface area contributed by atoms with Crippen LogP contribution in [0, 0.1) is 0 Å². The maximum atomic E-state index is 12.4. The Balaban J connectivity index is 1.40. The van der Waals surface area contributed by atoms with E-state index in [9.17, 15) is 4.79 Å². The van der Waals surface area contributed by atoms with Crippen LogP contribution in [0.4, 0.5) is 0 Å². The van der Waals surface area contributed by atoms with Gasteiger partial charge in [0, 0.05) is 36.5 Å². The fraction of sp³-hybridized carbons (Fsp3) is 0.348. The van der Waals surface area contributed by atoms with E-state index >= 15 is 0 Å². The molecule has 1 aliphatic heterocycles. The fourth-order valence-corrected chi connectivity index (χ4v) is 4.04. The second-order valence-electron chi connectivity index (χ2n) is 7.42. The van der Waals surface area contributed by atoms with Gasteiger partial charge in [-0.15, -0.1) is 0 Å². The minimum Gasteiger partial charge on any atom is -0.497 e. The number of carbonyl (C=O) groups excluding carboxylic acids is 1. The topological polar surface area (TPSA) is 67.3 Å². The lowest BCUT2D eigenvalue weighted by molar-refractivity contribution is -0.121. The van der Waals surface area contributed by atoms with E-state index in [-0.39, 0.29) is 18.1 Å². The molecule has 152 valence electrons. The number of fused-ring (bicyclic) bond motifs is 1. The van der Waals surface area contributed by atoms with Gasteiger partial charge in [0.1, 0.15) is 5.75 Å². The summed E-state index contributed by atoms with van der Waals surface area (Å²) >= 11 is 0. The van der Waals surface area contributed by atoms with Gasteiger partial charge < -0.3 is 14.6 Å². The van der Waals surface area contributed by atoms with Crippen molar-refractivity contribution in [2.75, 3.05) is 7.11 Å². The van der Waals surface area contributed by atoms with E-state index in [1.807, 2.05) is 24.3 Å². The smallest absolute Gasteiger partial charge is 0.221 e. The summed E-state index contributed by atoms with van der Waals surface area (Å²) in [4.78, 5) is 12.4. The average Bonchev–Trinajstić information content (AvgIpc) is 3.36. The molecule has 2 heterocycles. The van der Waals surface area contributed by atoms with E-state index in [4.69, 9.17) is 4.74 Å². The first kappa shape index (κ1) is 19.5. The number of nitrogens with zero attached hydrogens (tertiary/aromatic N) is 1. The monoisotopic (exact) mass is 392 g/mol. The Hall–Kier alpha value is -2.83. The van der Waals surface area contributed by atoms with Crippen molar-refractivity contribution in [2.45, 2.75) is 44.9 Å². The summed E-state index contributed by atoms with van der Waals surface area (Å²) in [6, 6.07) is 18.6. The quantitative estimate of drug-likeness (QED) is 0.577. The lowest BCUT2D eigenvalue weighted by atomic mass is 10.1. The van der Waals surface area contributed by atoms with Crippen molar-refractivity contribution in [3.8, 4) is 5.75 Å². The van der Waals surface area contributed by atoms with Gasteiger partial charge in [-0.25, -0.2) is 10.9 Å². The molecule has 0 radical (unpaired) electrons. The Kier molecular flexibility index (Phi) is 5.83. The molecular formula is C23H28N4O2. The number of hydrazine groups is 1. The molecule has 1 fully saturated rings. The molecular weight excluding hydrogens is 364 g/mol. The van der Waals surface area contributed by atoms with Crippen LogP contribution in [0.25, 0.3) is 10.9 Å². The third-order valence-electron chi connectivity index (χ3n) is 5.54. The first-order valence-corrected chi connectivity index (χ1v) is 10.2. The highest BCUT2D eigenvalue weighted by molar-refractivity contribution is 5.83. The molecule has 2 atom stereocenters. The molecule has 0 spiro atoms. The van der Waals surface area contributed by atoms with Crippen molar-refractivity contribution < 1.29 is 9.53 Å². The zero-order valence-corrected chi connectivity index (χ0v) is 16.9. The molecule has 4 rings (SSSR count). The molecule has 2 aromatic carbocycles. The number of rotatable bonds is 7. The maximum Gasteiger partial charge on any atom is 0.221 e. The molecule has 0 saturated carbocycles. The molecule has 1 aromatic heterocycles. The number of amides is 1. The summed E-state index contributed by atoms with van der Waals surface area (Å²) in [6.45, 7) is 3.02. The third kappa shape index (κ3) is 4.28. The van der Waals surface area contributed by atoms with Gasteiger partial charge in [0.2, 0.25) is 5.91 Å². The Bertz CT molecular complexity index is 983. The van der Waals surface area contributed by atoms with Crippen LogP contribution in [-0.4, -0.2) is 23.7 Å². The van der Waals surface area contributed by atoms with Crippen LogP contribution in [0.15, 0.2) is 54.6 Å². The summed E-state index contributed by atoms with van der Waals surface area (Å²) in [6.07, 6.45) is 1.95. The Morgan fingerprint density at radius 2 is 2.00 bits per heavy atom. The Morgan fingerprint density at radius 1 is 1.17 bits per heavy atom. The predicted molar refractivity (Wildman–Crippen MR) is 114 cm³/mol. The zero-order chi connectivity index (χ0) is 20.2. The SMILES string of the molecule is CCn1c(C2CC(NC(=O)CCc3ccccc3)NN2)cc2ccc(OC)cc21. The van der Waals surface area contributed by atoms with Crippen molar-refractivity contribution in [1.29, 1.82) is 0 Å². The van der Waals surface area contributed by atoms with Crippen molar-refractivity contribution in [3.63, 3.8) is 0 Å². The molecule has 3 aromatic rings. The van der Waals surface area contributed by atoms with E-state index in [1.165, 1.54) is 22.2 Å². The van der Waals surface area contributed by atoms with Gasteiger partial charge in [-0.1, -0.05) is 30.3 Å². The van der Waals surface area contributed by atoms with Crippen LogP contribution in [0.3, 0.4) is 0 Å². The number of methoxy groups -OCH3 is 1. The molecule has 6 heteroatoms. The van der Waals surface area contributed by atoms with Gasteiger partial charge in [0.25, 0.3) is 0 Å². The molecule has 1 saturated heterocycles. The molecule has 6 nitrogen and oxygen atoms in total. The van der Waals surface area contributed by atoms with Gasteiger partial charge in [-0.3, -0.25) is 4.79 Å². The van der Waals surface area contributed by atoms with Gasteiger partial charge in [-0.05, 0) is 37.1 Å². The number of aromatic nitrogens is 1. The lowest BCUT2D eigenvalue weighted by Crippen LogP contribution is -2.44. The highest BCUT2D eigenvalue weighted by Gasteiger charge is 2.28. The van der Waals surface area contributed by atoms with Crippen LogP contribution in [0.5, 0.6) is 5.75 Å². The van der Waals surface area contributed by atoms with E-state index in [1.54, 1.807) is 7.11 Å². The summed E-state index contributed by atoms with van der Waals surface area (Å²) < 4.78 is 7.69. The Morgan fingerprint density at radius 3 is 2.76 bits per heavy atom. The molecule has 1 aliphatic rings. The van der Waals surface area contributed by atoms with Crippen molar-refractivity contribution >= 4 is 16.8 Å². The minimum atomic E-state index is -0.0823. The van der Waals surface area contributed by atoms with Crippen LogP contribution < -0.4 is 20.9 Å². The molecule has 29 heavy (non-hydrogen) atoms. The average molecular weight is 393 g/mol. The predicted octanol–water partition coefficient (Wildman–Crippen LogP) is 3.28. The highest BCUT2D eigenvalue weighted by atomic mass is 16.5. The zero-order valence-electron chi connectivity index (χ0n) is 16.9. The summed E-state index contributed by atoms with van der Waals surface area (Å²) in [7, 11) is 1.69. The highest BCUT2D eigenvalue weighted by Crippen LogP contribution is 2.30. The van der Waals surface area contributed by atoms with E-state index in [0.29, 0.717) is 6.42 Å². The molecule has 2 unspecified atom stereocenters. The number of carbonyl (C=O) groups is 1. The molecule has 1 amide bonds. The van der Waals surface area contributed by atoms with E-state index in [2.05, 4.69) is 58.0 Å². The maximum absolute atomic E-state index is 12.4. The Labute approximate surface area is 171 Å². The first-order chi connectivity index (χ1) is 14.2. The third-order valence-corrected chi connectivity index (χ3v) is 5.54. The number of benzene rings is 2. The van der Waals surface area contributed by atoms with Crippen molar-refractivity contribution in [3.05, 3.63) is 65.9 Å². The van der Waals surface area contributed by atoms with Crippen LogP contribution >= 0.6 is 0 Å². The van der Waals surface area contributed by atoms with Gasteiger partial charge in [0.15, 0.2) is 0 Å². The fourth-order valence-electron chi connectivity index (χ4n) is 4.04. The number of ether oxygens (including phenoxy) is 1. The second-order valence-corrected chi connectivity index (χ2v) is 7.42. The van der Waals surface area contributed by atoms with Crippen molar-refractivity contribution in [1.82, 2.24) is 20.7 Å². The second kappa shape index (κ2) is 8.68. The number of hydrogen-bond donors (Lipinski definition) is 3. The molecule has 0 bridgehead atoms. The summed E-state index contributed by atoms with van der Waals surface area (Å²) in [5, 5.41) is 4.29.